The quantitative estimate of drug-likeness (QED) is 0.0243. The largest absolute Gasteiger partial charge is 0.472 e. The van der Waals surface area contributed by atoms with Crippen molar-refractivity contribution in [2.45, 2.75) is 206 Å². The van der Waals surface area contributed by atoms with Crippen LogP contribution in [0.5, 0.6) is 0 Å². The van der Waals surface area contributed by atoms with E-state index in [-0.39, 0.29) is 25.5 Å². The molecule has 0 rings (SSSR count). The lowest BCUT2D eigenvalue weighted by molar-refractivity contribution is -0.870. The first-order valence-corrected chi connectivity index (χ1v) is 28.4. The number of nitrogens with one attached hydrogen (secondary N) is 1. The van der Waals surface area contributed by atoms with Gasteiger partial charge in [0.25, 0.3) is 0 Å². The molecule has 8 nitrogen and oxygen atoms in total. The molecule has 388 valence electrons. The van der Waals surface area contributed by atoms with Crippen molar-refractivity contribution >= 4 is 13.7 Å². The lowest BCUT2D eigenvalue weighted by atomic mass is 10.0. The molecule has 0 aliphatic rings. The number of hydrogen-bond acceptors (Lipinski definition) is 5. The Morgan fingerprint density at radius 2 is 0.897 bits per heavy atom. The fraction of sp³-hybridized carbons (Fsp3) is 0.644. The molecule has 0 saturated heterocycles. The highest BCUT2D eigenvalue weighted by Crippen LogP contribution is 2.43. The van der Waals surface area contributed by atoms with E-state index in [9.17, 15) is 19.4 Å². The first-order chi connectivity index (χ1) is 33.0. The van der Waals surface area contributed by atoms with E-state index in [4.69, 9.17) is 9.05 Å². The van der Waals surface area contributed by atoms with E-state index < -0.39 is 20.0 Å². The third kappa shape index (κ3) is 50.8. The fourth-order valence-corrected chi connectivity index (χ4v) is 7.68. The number of amides is 1. The normalized spacial score (nSPS) is 15.0. The molecule has 0 aliphatic carbocycles. The van der Waals surface area contributed by atoms with Crippen LogP contribution in [0.2, 0.25) is 0 Å². The molecule has 0 radical (unpaired) electrons. The van der Waals surface area contributed by atoms with Crippen molar-refractivity contribution in [3.63, 3.8) is 0 Å². The first kappa shape index (κ1) is 64.9. The molecule has 68 heavy (non-hydrogen) atoms. The summed E-state index contributed by atoms with van der Waals surface area (Å²) in [7, 11) is 1.49. The zero-order valence-electron chi connectivity index (χ0n) is 44.0. The van der Waals surface area contributed by atoms with Gasteiger partial charge in [-0.05, 0) is 96.3 Å². The van der Waals surface area contributed by atoms with Crippen LogP contribution >= 0.6 is 7.82 Å². The molecule has 3 unspecified atom stereocenters. The van der Waals surface area contributed by atoms with Crippen LogP contribution in [0.1, 0.15) is 194 Å². The van der Waals surface area contributed by atoms with Crippen LogP contribution in [0.25, 0.3) is 0 Å². The van der Waals surface area contributed by atoms with Gasteiger partial charge in [-0.15, -0.1) is 0 Å². The molecular weight excluding hydrogens is 864 g/mol. The molecule has 0 fully saturated rings. The molecule has 0 heterocycles. The molecule has 1 amide bonds. The van der Waals surface area contributed by atoms with Crippen molar-refractivity contribution in [3.05, 3.63) is 122 Å². The summed E-state index contributed by atoms with van der Waals surface area (Å²) in [6.45, 7) is 4.61. The highest BCUT2D eigenvalue weighted by Gasteiger charge is 2.27. The molecule has 0 bridgehead atoms. The Morgan fingerprint density at radius 3 is 1.35 bits per heavy atom. The van der Waals surface area contributed by atoms with Gasteiger partial charge in [-0.1, -0.05) is 212 Å². The number of quaternary nitrogens is 1. The van der Waals surface area contributed by atoms with Crippen LogP contribution in [-0.4, -0.2) is 73.4 Å². The number of nitrogens with zero attached hydrogens (tertiary/aromatic N) is 1. The molecule has 3 N–H and O–H groups in total. The Bertz CT molecular complexity index is 1510. The number of aliphatic hydroxyl groups is 1. The number of likely N-dealkylation sites (N-methyl/N-ethyl adjacent to an activating group) is 1. The summed E-state index contributed by atoms with van der Waals surface area (Å²) >= 11 is 0. The molecule has 0 aromatic carbocycles. The highest BCUT2D eigenvalue weighted by molar-refractivity contribution is 7.47. The fourth-order valence-electron chi connectivity index (χ4n) is 6.94. The monoisotopic (exact) mass is 966 g/mol. The van der Waals surface area contributed by atoms with Gasteiger partial charge in [0.05, 0.1) is 39.9 Å². The molecule has 0 aromatic rings. The van der Waals surface area contributed by atoms with Crippen molar-refractivity contribution in [1.82, 2.24) is 5.32 Å². The van der Waals surface area contributed by atoms with E-state index in [1.807, 2.05) is 27.2 Å². The Morgan fingerprint density at radius 1 is 0.515 bits per heavy atom. The van der Waals surface area contributed by atoms with Crippen LogP contribution < -0.4 is 5.32 Å². The van der Waals surface area contributed by atoms with Crippen molar-refractivity contribution in [2.75, 3.05) is 40.9 Å². The van der Waals surface area contributed by atoms with Crippen molar-refractivity contribution in [2.24, 2.45) is 0 Å². The van der Waals surface area contributed by atoms with Gasteiger partial charge in [0.1, 0.15) is 13.2 Å². The number of carbonyl (C=O) groups is 1. The molecule has 0 spiro atoms. The Labute approximate surface area is 418 Å². The van der Waals surface area contributed by atoms with Gasteiger partial charge in [0.15, 0.2) is 0 Å². The highest BCUT2D eigenvalue weighted by atomic mass is 31.2. The average molecular weight is 966 g/mol. The van der Waals surface area contributed by atoms with E-state index in [2.05, 4.69) is 129 Å². The first-order valence-electron chi connectivity index (χ1n) is 26.9. The number of allylic oxidation sites excluding steroid dienone is 19. The average Bonchev–Trinajstić information content (AvgIpc) is 3.30. The number of unbranched alkanes of at least 4 members (excludes halogenated alkanes) is 16. The third-order valence-corrected chi connectivity index (χ3v) is 12.1. The van der Waals surface area contributed by atoms with Crippen LogP contribution in [0.15, 0.2) is 122 Å². The van der Waals surface area contributed by atoms with Crippen LogP contribution in [0.3, 0.4) is 0 Å². The zero-order chi connectivity index (χ0) is 49.9. The second-order valence-electron chi connectivity index (χ2n) is 18.8. The van der Waals surface area contributed by atoms with Gasteiger partial charge in [-0.2, -0.15) is 0 Å². The topological polar surface area (TPSA) is 105 Å². The van der Waals surface area contributed by atoms with E-state index in [1.54, 1.807) is 6.08 Å². The minimum Gasteiger partial charge on any atom is -0.387 e. The van der Waals surface area contributed by atoms with E-state index >= 15 is 0 Å². The lowest BCUT2D eigenvalue weighted by Crippen LogP contribution is -2.45. The number of carbonyl (C=O) groups excluding carboxylic acids is 1. The summed E-state index contributed by atoms with van der Waals surface area (Å²) in [5.74, 6) is -0.253. The van der Waals surface area contributed by atoms with Crippen molar-refractivity contribution in [3.8, 4) is 0 Å². The maximum Gasteiger partial charge on any atom is 0.472 e. The van der Waals surface area contributed by atoms with E-state index in [1.165, 1.54) is 89.9 Å². The van der Waals surface area contributed by atoms with Crippen molar-refractivity contribution in [1.29, 1.82) is 0 Å². The standard InChI is InChI=1S/C59H101N2O6P/c1-6-8-10-12-14-16-18-20-22-24-26-28-30-32-34-36-38-40-42-44-46-48-50-52-58(62)57(56-67-68(64,65)66-55-54-61(3,4)5)60-59(63)53-51-49-47-45-43-41-39-37-35-33-31-29-27-25-23-21-19-17-15-13-11-9-7-2/h9,11,15,17,21,23,27,29,33-36,39,41-42,44-45,47,50,52,57-58,62H,6-8,10,12-14,16,18-20,22,24-26,28,30-32,37-38,40,43,46,48-49,51,53-56H2,1-5H3,(H-,60,63,64,65)/p+1/b11-9-,17-15-,23-21-,29-27-,35-33-,36-34+,41-39-,44-42+,47-45-,52-50+. The Kier molecular flexibility index (Phi) is 46.7. The van der Waals surface area contributed by atoms with Crippen LogP contribution in [0.4, 0.5) is 0 Å². The number of hydrogen-bond donors (Lipinski definition) is 3. The second kappa shape index (κ2) is 48.9. The number of rotatable bonds is 47. The van der Waals surface area contributed by atoms with Gasteiger partial charge in [0.2, 0.25) is 5.91 Å². The summed E-state index contributed by atoms with van der Waals surface area (Å²) in [5, 5.41) is 13.8. The van der Waals surface area contributed by atoms with Gasteiger partial charge < -0.3 is 19.8 Å². The van der Waals surface area contributed by atoms with Crippen LogP contribution in [-0.2, 0) is 18.4 Å². The van der Waals surface area contributed by atoms with Gasteiger partial charge in [-0.3, -0.25) is 13.8 Å². The molecule has 0 aromatic heterocycles. The smallest absolute Gasteiger partial charge is 0.387 e. The summed E-state index contributed by atoms with van der Waals surface area (Å²) in [6.07, 6.45) is 73.0. The molecule has 0 saturated carbocycles. The van der Waals surface area contributed by atoms with Gasteiger partial charge in [-0.25, -0.2) is 4.57 Å². The number of phosphoric acid groups is 1. The minimum absolute atomic E-state index is 0.0354. The molecule has 0 aliphatic heterocycles. The molecule has 9 heteroatoms. The summed E-state index contributed by atoms with van der Waals surface area (Å²) in [6, 6.07) is -0.910. The maximum absolute atomic E-state index is 12.9. The zero-order valence-corrected chi connectivity index (χ0v) is 44.9. The Hall–Kier alpha value is -3.10. The van der Waals surface area contributed by atoms with Gasteiger partial charge in [0, 0.05) is 6.42 Å². The third-order valence-electron chi connectivity index (χ3n) is 11.1. The SMILES string of the molecule is CC/C=C\C/C=C\C/C=C\C/C=C\C/C=C\C/C=C\C/C=C\CCCC(=O)NC(COP(=O)(O)OCC[N+](C)(C)C)C(O)/C=C/CC/C=C/CC/C=C/CCCCCCCCCCCCCCC. The van der Waals surface area contributed by atoms with E-state index in [0.717, 1.165) is 77.0 Å². The number of phosphoric ester groups is 1. The van der Waals surface area contributed by atoms with Crippen molar-refractivity contribution < 1.29 is 32.9 Å². The predicted molar refractivity (Wildman–Crippen MR) is 295 cm³/mol. The lowest BCUT2D eigenvalue weighted by Gasteiger charge is -2.25. The minimum atomic E-state index is -4.38. The molecule has 3 atom stereocenters. The summed E-state index contributed by atoms with van der Waals surface area (Å²) in [5.41, 5.74) is 0. The van der Waals surface area contributed by atoms with Gasteiger partial charge >= 0.3 is 7.82 Å². The Balaban J connectivity index is 4.50. The second-order valence-corrected chi connectivity index (χ2v) is 20.3. The van der Waals surface area contributed by atoms with Crippen LogP contribution in [0, 0.1) is 0 Å². The molecular formula is C59H102N2O6P+. The maximum atomic E-state index is 12.9. The summed E-state index contributed by atoms with van der Waals surface area (Å²) < 4.78 is 23.6. The predicted octanol–water partition coefficient (Wildman–Crippen LogP) is 16.2. The number of aliphatic hydroxyl groups excluding tert-OH is 1. The summed E-state index contributed by atoms with van der Waals surface area (Å²) in [4.78, 5) is 23.2. The van der Waals surface area contributed by atoms with E-state index in [0.29, 0.717) is 17.4 Å².